The van der Waals surface area contributed by atoms with Gasteiger partial charge in [0.05, 0.1) is 6.54 Å². The molecule has 0 saturated carbocycles. The van der Waals surface area contributed by atoms with Crippen molar-refractivity contribution in [2.45, 2.75) is 13.5 Å². The first-order valence-corrected chi connectivity index (χ1v) is 6.49. The smallest absolute Gasteiger partial charge is 0.182 e. The maximum Gasteiger partial charge on any atom is 0.182 e. The molecule has 0 unspecified atom stereocenters. The molecule has 0 N–H and O–H groups in total. The third-order valence-electron chi connectivity index (χ3n) is 3.47. The van der Waals surface area contributed by atoms with E-state index in [1.54, 1.807) is 12.1 Å². The molecule has 0 amide bonds. The van der Waals surface area contributed by atoms with E-state index in [0.29, 0.717) is 5.56 Å². The molecule has 1 aromatic heterocycles. The zero-order valence-corrected chi connectivity index (χ0v) is 11.1. The predicted molar refractivity (Wildman–Crippen MR) is 77.4 cm³/mol. The number of rotatable bonds is 3. The fourth-order valence-corrected chi connectivity index (χ4v) is 2.46. The van der Waals surface area contributed by atoms with Crippen LogP contribution in [0.25, 0.3) is 10.9 Å². The van der Waals surface area contributed by atoms with Crippen LogP contribution in [0.15, 0.2) is 54.6 Å². The van der Waals surface area contributed by atoms with Gasteiger partial charge in [-0.15, -0.1) is 0 Å². The summed E-state index contributed by atoms with van der Waals surface area (Å²) in [6, 6.07) is 15.8. The van der Waals surface area contributed by atoms with Crippen molar-refractivity contribution in [3.63, 3.8) is 0 Å². The molecule has 3 rings (SSSR count). The maximum atomic E-state index is 13.2. The minimum atomic E-state index is -0.384. The highest BCUT2D eigenvalue weighted by molar-refractivity contribution is 5.97. The first-order chi connectivity index (χ1) is 9.65. The van der Waals surface area contributed by atoms with Crippen LogP contribution in [0.2, 0.25) is 0 Å². The van der Waals surface area contributed by atoms with E-state index in [1.807, 2.05) is 41.8 Å². The highest BCUT2D eigenvalue weighted by atomic mass is 19.1. The van der Waals surface area contributed by atoms with Crippen LogP contribution in [0.5, 0.6) is 0 Å². The third-order valence-corrected chi connectivity index (χ3v) is 3.47. The van der Waals surface area contributed by atoms with Gasteiger partial charge < -0.3 is 4.57 Å². The number of aromatic nitrogens is 1. The van der Waals surface area contributed by atoms with Crippen molar-refractivity contribution >= 4 is 16.7 Å². The monoisotopic (exact) mass is 267 g/mol. The summed E-state index contributed by atoms with van der Waals surface area (Å²) in [5, 5.41) is 1.11. The minimum absolute atomic E-state index is 0.0889. The van der Waals surface area contributed by atoms with Crippen LogP contribution in [0.3, 0.4) is 0 Å². The molecule has 100 valence electrons. The van der Waals surface area contributed by atoms with Gasteiger partial charge in [-0.1, -0.05) is 30.3 Å². The van der Waals surface area contributed by atoms with Gasteiger partial charge in [-0.3, -0.25) is 4.79 Å². The van der Waals surface area contributed by atoms with Crippen LogP contribution in [0.1, 0.15) is 16.1 Å². The number of fused-ring (bicyclic) bond motifs is 1. The number of halogens is 1. The Hall–Kier alpha value is -2.42. The average Bonchev–Trinajstić information content (AvgIpc) is 2.75. The number of carbonyl (C=O) groups excluding carboxylic acids is 1. The minimum Gasteiger partial charge on any atom is -0.337 e. The first-order valence-electron chi connectivity index (χ1n) is 6.49. The summed E-state index contributed by atoms with van der Waals surface area (Å²) in [7, 11) is 0. The van der Waals surface area contributed by atoms with Crippen LogP contribution in [-0.4, -0.2) is 10.4 Å². The Morgan fingerprint density at radius 3 is 2.70 bits per heavy atom. The number of Topliss-reactive ketones (excluding diaryl/α,β-unsaturated/α-hetero) is 1. The highest BCUT2D eigenvalue weighted by Gasteiger charge is 2.11. The highest BCUT2D eigenvalue weighted by Crippen LogP contribution is 2.20. The van der Waals surface area contributed by atoms with E-state index in [0.717, 1.165) is 16.6 Å². The number of aryl methyl sites for hydroxylation is 1. The van der Waals surface area contributed by atoms with Crippen molar-refractivity contribution in [3.05, 3.63) is 71.7 Å². The van der Waals surface area contributed by atoms with E-state index < -0.39 is 0 Å². The molecule has 0 saturated heterocycles. The Labute approximate surface area is 116 Å². The van der Waals surface area contributed by atoms with Crippen LogP contribution in [0.4, 0.5) is 4.39 Å². The summed E-state index contributed by atoms with van der Waals surface area (Å²) in [4.78, 5) is 12.3. The predicted octanol–water partition coefficient (Wildman–Crippen LogP) is 3.97. The van der Waals surface area contributed by atoms with Gasteiger partial charge in [-0.25, -0.2) is 4.39 Å². The normalized spacial score (nSPS) is 10.9. The van der Waals surface area contributed by atoms with E-state index in [-0.39, 0.29) is 18.1 Å². The fraction of sp³-hybridized carbons (Fsp3) is 0.118. The second-order valence-electron chi connectivity index (χ2n) is 4.86. The summed E-state index contributed by atoms with van der Waals surface area (Å²) >= 11 is 0. The Balaban J connectivity index is 1.97. The van der Waals surface area contributed by atoms with E-state index in [2.05, 4.69) is 0 Å². The van der Waals surface area contributed by atoms with E-state index in [9.17, 15) is 9.18 Å². The average molecular weight is 267 g/mol. The second kappa shape index (κ2) is 4.93. The van der Waals surface area contributed by atoms with Gasteiger partial charge in [0.15, 0.2) is 5.78 Å². The van der Waals surface area contributed by atoms with Crippen molar-refractivity contribution in [2.75, 3.05) is 0 Å². The Bertz CT molecular complexity index is 789. The number of benzene rings is 2. The molecule has 0 aliphatic rings. The van der Waals surface area contributed by atoms with Gasteiger partial charge in [0.2, 0.25) is 0 Å². The first kappa shape index (κ1) is 12.6. The summed E-state index contributed by atoms with van der Waals surface area (Å²) in [6.07, 6.45) is 0. The van der Waals surface area contributed by atoms with Gasteiger partial charge >= 0.3 is 0 Å². The molecule has 1 heterocycles. The van der Waals surface area contributed by atoms with Crippen molar-refractivity contribution in [1.29, 1.82) is 0 Å². The molecule has 3 heteroatoms. The fourth-order valence-electron chi connectivity index (χ4n) is 2.46. The van der Waals surface area contributed by atoms with Crippen LogP contribution < -0.4 is 0 Å². The van der Waals surface area contributed by atoms with Crippen molar-refractivity contribution in [1.82, 2.24) is 4.57 Å². The summed E-state index contributed by atoms with van der Waals surface area (Å²) in [5.41, 5.74) is 2.45. The number of carbonyl (C=O) groups is 1. The van der Waals surface area contributed by atoms with Crippen molar-refractivity contribution < 1.29 is 9.18 Å². The second-order valence-corrected chi connectivity index (χ2v) is 4.86. The van der Waals surface area contributed by atoms with E-state index >= 15 is 0 Å². The summed E-state index contributed by atoms with van der Waals surface area (Å²) in [5.74, 6) is -0.473. The molecule has 0 radical (unpaired) electrons. The van der Waals surface area contributed by atoms with Gasteiger partial charge in [-0.05, 0) is 36.6 Å². The van der Waals surface area contributed by atoms with E-state index in [1.165, 1.54) is 12.1 Å². The van der Waals surface area contributed by atoms with Crippen molar-refractivity contribution in [3.8, 4) is 0 Å². The Kier molecular flexibility index (Phi) is 3.11. The molecule has 0 spiro atoms. The lowest BCUT2D eigenvalue weighted by molar-refractivity contribution is 0.0972. The van der Waals surface area contributed by atoms with Gasteiger partial charge in [0.1, 0.15) is 5.82 Å². The SMILES string of the molecule is Cc1cc2ccccc2n1CC(=O)c1cccc(F)c1. The number of hydrogen-bond donors (Lipinski definition) is 0. The number of nitrogens with zero attached hydrogens (tertiary/aromatic N) is 1. The molecular formula is C17H14FNO. The summed E-state index contributed by atoms with van der Waals surface area (Å²) < 4.78 is 15.1. The zero-order chi connectivity index (χ0) is 14.1. The lowest BCUT2D eigenvalue weighted by Crippen LogP contribution is -2.11. The van der Waals surface area contributed by atoms with Crippen LogP contribution in [0, 0.1) is 12.7 Å². The van der Waals surface area contributed by atoms with Crippen LogP contribution in [-0.2, 0) is 6.54 Å². The lowest BCUT2D eigenvalue weighted by atomic mass is 10.1. The quantitative estimate of drug-likeness (QED) is 0.658. The maximum absolute atomic E-state index is 13.2. The largest absolute Gasteiger partial charge is 0.337 e. The molecule has 0 bridgehead atoms. The van der Waals surface area contributed by atoms with Gasteiger partial charge in [-0.2, -0.15) is 0 Å². The number of hydrogen-bond acceptors (Lipinski definition) is 1. The van der Waals surface area contributed by atoms with Gasteiger partial charge in [0, 0.05) is 16.8 Å². The van der Waals surface area contributed by atoms with Crippen molar-refractivity contribution in [2.24, 2.45) is 0 Å². The number of ketones is 1. The molecule has 2 nitrogen and oxygen atoms in total. The topological polar surface area (TPSA) is 22.0 Å². The molecule has 20 heavy (non-hydrogen) atoms. The molecule has 0 aliphatic heterocycles. The Morgan fingerprint density at radius 1 is 1.10 bits per heavy atom. The molecule has 2 aromatic carbocycles. The molecular weight excluding hydrogens is 253 g/mol. The third kappa shape index (κ3) is 2.23. The van der Waals surface area contributed by atoms with E-state index in [4.69, 9.17) is 0 Å². The molecule has 0 aliphatic carbocycles. The molecule has 0 atom stereocenters. The number of para-hydroxylation sites is 1. The van der Waals surface area contributed by atoms with Crippen LogP contribution >= 0.6 is 0 Å². The Morgan fingerprint density at radius 2 is 1.90 bits per heavy atom. The molecule has 0 fully saturated rings. The lowest BCUT2D eigenvalue weighted by Gasteiger charge is -2.07. The van der Waals surface area contributed by atoms with Gasteiger partial charge in [0.25, 0.3) is 0 Å². The summed E-state index contributed by atoms with van der Waals surface area (Å²) in [6.45, 7) is 2.20. The standard InChI is InChI=1S/C17H14FNO/c1-12-9-13-5-2-3-8-16(13)19(12)11-17(20)14-6-4-7-15(18)10-14/h2-10H,11H2,1H3. The zero-order valence-electron chi connectivity index (χ0n) is 11.1. The molecule has 3 aromatic rings.